The largest absolute Gasteiger partial charge is 0.484 e. The predicted molar refractivity (Wildman–Crippen MR) is 132 cm³/mol. The van der Waals surface area contributed by atoms with Crippen LogP contribution in [0, 0.1) is 0 Å². The minimum atomic E-state index is -0.678. The number of nitrogens with one attached hydrogen (secondary N) is 1. The van der Waals surface area contributed by atoms with Gasteiger partial charge in [-0.3, -0.25) is 9.59 Å². The highest BCUT2D eigenvalue weighted by atomic mass is 79.9. The molecule has 3 rings (SSSR count). The molecule has 0 aromatic heterocycles. The molecule has 1 N–H and O–H groups in total. The lowest BCUT2D eigenvalue weighted by Crippen LogP contribution is -2.51. The monoisotopic (exact) mass is 558 g/mol. The number of carbonyl (C=O) groups is 2. The van der Waals surface area contributed by atoms with Crippen molar-refractivity contribution in [3.63, 3.8) is 0 Å². The standard InChI is InChI=1S/C25H24Br2N2O3/c1-28-25(31)23(15-18-6-3-2-4-7-18)29(16-19-8-5-9-21(27)14-19)24(30)17-32-22-12-10-20(26)11-13-22/h2-14,23H,15-17H2,1H3,(H,28,31). The highest BCUT2D eigenvalue weighted by molar-refractivity contribution is 9.10. The third-order valence-electron chi connectivity index (χ3n) is 4.94. The summed E-state index contributed by atoms with van der Waals surface area (Å²) < 4.78 is 7.56. The maximum atomic E-state index is 13.3. The summed E-state index contributed by atoms with van der Waals surface area (Å²) in [4.78, 5) is 27.8. The molecule has 0 aliphatic heterocycles. The number of hydrogen-bond acceptors (Lipinski definition) is 3. The van der Waals surface area contributed by atoms with Crippen molar-refractivity contribution in [3.05, 3.63) is 98.9 Å². The van der Waals surface area contributed by atoms with Gasteiger partial charge in [-0.2, -0.15) is 0 Å². The minimum absolute atomic E-state index is 0.169. The number of halogens is 2. The van der Waals surface area contributed by atoms with E-state index < -0.39 is 6.04 Å². The molecular weight excluding hydrogens is 536 g/mol. The minimum Gasteiger partial charge on any atom is -0.484 e. The van der Waals surface area contributed by atoms with Crippen LogP contribution >= 0.6 is 31.9 Å². The Bertz CT molecular complexity index is 1040. The van der Waals surface area contributed by atoms with Gasteiger partial charge < -0.3 is 15.0 Å². The first-order valence-electron chi connectivity index (χ1n) is 10.1. The number of amides is 2. The van der Waals surface area contributed by atoms with Gasteiger partial charge in [0, 0.05) is 29.0 Å². The van der Waals surface area contributed by atoms with Crippen LogP contribution in [0.4, 0.5) is 0 Å². The number of nitrogens with zero attached hydrogens (tertiary/aromatic N) is 1. The summed E-state index contributed by atoms with van der Waals surface area (Å²) in [6.45, 7) is 0.116. The first-order valence-corrected chi connectivity index (χ1v) is 11.7. The Kier molecular flexibility index (Phi) is 8.88. The van der Waals surface area contributed by atoms with E-state index in [9.17, 15) is 9.59 Å². The Labute approximate surface area is 205 Å². The number of benzene rings is 3. The molecule has 7 heteroatoms. The van der Waals surface area contributed by atoms with Gasteiger partial charge in [0.05, 0.1) is 0 Å². The Morgan fingerprint density at radius 1 is 0.906 bits per heavy atom. The van der Waals surface area contributed by atoms with Crippen LogP contribution in [0.15, 0.2) is 87.8 Å². The quantitative estimate of drug-likeness (QED) is 0.402. The third kappa shape index (κ3) is 6.93. The lowest BCUT2D eigenvalue weighted by atomic mass is 10.0. The van der Waals surface area contributed by atoms with Crippen molar-refractivity contribution in [2.24, 2.45) is 0 Å². The summed E-state index contributed by atoms with van der Waals surface area (Å²) in [5.41, 5.74) is 1.89. The van der Waals surface area contributed by atoms with Crippen LogP contribution in [0.3, 0.4) is 0 Å². The fourth-order valence-electron chi connectivity index (χ4n) is 3.31. The van der Waals surface area contributed by atoms with Crippen molar-refractivity contribution in [2.45, 2.75) is 19.0 Å². The smallest absolute Gasteiger partial charge is 0.261 e. The zero-order valence-corrected chi connectivity index (χ0v) is 20.8. The van der Waals surface area contributed by atoms with Crippen LogP contribution in [-0.2, 0) is 22.6 Å². The van der Waals surface area contributed by atoms with Gasteiger partial charge in [0.2, 0.25) is 5.91 Å². The van der Waals surface area contributed by atoms with Crippen LogP contribution < -0.4 is 10.1 Å². The lowest BCUT2D eigenvalue weighted by Gasteiger charge is -2.31. The number of rotatable bonds is 9. The average molecular weight is 560 g/mol. The molecule has 166 valence electrons. The highest BCUT2D eigenvalue weighted by Crippen LogP contribution is 2.19. The highest BCUT2D eigenvalue weighted by Gasteiger charge is 2.30. The molecular formula is C25H24Br2N2O3. The Morgan fingerprint density at radius 2 is 1.59 bits per heavy atom. The maximum absolute atomic E-state index is 13.3. The first kappa shape index (κ1) is 24.0. The fraction of sp³-hybridized carbons (Fsp3) is 0.200. The van der Waals surface area contributed by atoms with Gasteiger partial charge in [-0.25, -0.2) is 0 Å². The molecule has 2 amide bonds. The Balaban J connectivity index is 1.86. The van der Waals surface area contributed by atoms with Crippen molar-refractivity contribution in [1.82, 2.24) is 10.2 Å². The average Bonchev–Trinajstić information content (AvgIpc) is 2.81. The normalized spacial score (nSPS) is 11.5. The molecule has 0 heterocycles. The third-order valence-corrected chi connectivity index (χ3v) is 5.96. The zero-order valence-electron chi connectivity index (χ0n) is 17.6. The van der Waals surface area contributed by atoms with Crippen molar-refractivity contribution >= 4 is 43.7 Å². The summed E-state index contributed by atoms with van der Waals surface area (Å²) in [7, 11) is 1.58. The van der Waals surface area contributed by atoms with Gasteiger partial charge in [-0.05, 0) is 47.5 Å². The summed E-state index contributed by atoms with van der Waals surface area (Å²) in [5, 5.41) is 2.71. The molecule has 0 saturated carbocycles. The molecule has 0 aliphatic rings. The molecule has 0 aliphatic carbocycles. The molecule has 1 atom stereocenters. The summed E-state index contributed by atoms with van der Waals surface area (Å²) >= 11 is 6.87. The van der Waals surface area contributed by atoms with Crippen LogP contribution in [0.25, 0.3) is 0 Å². The number of likely N-dealkylation sites (N-methyl/N-ethyl adjacent to an activating group) is 1. The second-order valence-corrected chi connectivity index (χ2v) is 9.05. The molecule has 32 heavy (non-hydrogen) atoms. The van der Waals surface area contributed by atoms with Crippen molar-refractivity contribution in [2.75, 3.05) is 13.7 Å². The van der Waals surface area contributed by atoms with Crippen molar-refractivity contribution in [1.29, 1.82) is 0 Å². The van der Waals surface area contributed by atoms with Crippen LogP contribution in [-0.4, -0.2) is 36.4 Å². The number of carbonyl (C=O) groups excluding carboxylic acids is 2. The van der Waals surface area contributed by atoms with Crippen molar-refractivity contribution in [3.8, 4) is 5.75 Å². The SMILES string of the molecule is CNC(=O)C(Cc1ccccc1)N(Cc1cccc(Br)c1)C(=O)COc1ccc(Br)cc1. The number of hydrogen-bond donors (Lipinski definition) is 1. The van der Waals surface area contributed by atoms with Crippen LogP contribution in [0.2, 0.25) is 0 Å². The summed E-state index contributed by atoms with van der Waals surface area (Å²) in [6, 6.07) is 24.0. The zero-order chi connectivity index (χ0) is 22.9. The molecule has 0 radical (unpaired) electrons. The Hall–Kier alpha value is -2.64. The van der Waals surface area contributed by atoms with Crippen LogP contribution in [0.5, 0.6) is 5.75 Å². The molecule has 0 spiro atoms. The van der Waals surface area contributed by atoms with E-state index in [4.69, 9.17) is 4.74 Å². The van der Waals surface area contributed by atoms with E-state index in [1.54, 1.807) is 24.1 Å². The van der Waals surface area contributed by atoms with Gasteiger partial charge >= 0.3 is 0 Å². The molecule has 5 nitrogen and oxygen atoms in total. The van der Waals surface area contributed by atoms with Gasteiger partial charge in [-0.15, -0.1) is 0 Å². The molecule has 3 aromatic rings. The van der Waals surface area contributed by atoms with E-state index >= 15 is 0 Å². The van der Waals surface area contributed by atoms with E-state index in [2.05, 4.69) is 37.2 Å². The molecule has 0 fully saturated rings. The topological polar surface area (TPSA) is 58.6 Å². The summed E-state index contributed by atoms with van der Waals surface area (Å²) in [6.07, 6.45) is 0.401. The lowest BCUT2D eigenvalue weighted by molar-refractivity contribution is -0.142. The molecule has 0 saturated heterocycles. The van der Waals surface area contributed by atoms with Crippen LogP contribution in [0.1, 0.15) is 11.1 Å². The van der Waals surface area contributed by atoms with E-state index in [1.165, 1.54) is 0 Å². The van der Waals surface area contributed by atoms with Gasteiger partial charge in [0.1, 0.15) is 11.8 Å². The van der Waals surface area contributed by atoms with Gasteiger partial charge in [-0.1, -0.05) is 74.3 Å². The van der Waals surface area contributed by atoms with Gasteiger partial charge in [0.15, 0.2) is 6.61 Å². The van der Waals surface area contributed by atoms with Gasteiger partial charge in [0.25, 0.3) is 5.91 Å². The summed E-state index contributed by atoms with van der Waals surface area (Å²) in [5.74, 6) is 0.0989. The van der Waals surface area contributed by atoms with E-state index in [1.807, 2.05) is 66.7 Å². The first-order chi connectivity index (χ1) is 15.5. The predicted octanol–water partition coefficient (Wildman–Crippen LogP) is 4.98. The molecule has 0 bridgehead atoms. The van der Waals surface area contributed by atoms with Crippen molar-refractivity contribution < 1.29 is 14.3 Å². The molecule has 1 unspecified atom stereocenters. The second kappa shape index (κ2) is 11.8. The van der Waals surface area contributed by atoms with E-state index in [0.29, 0.717) is 12.2 Å². The second-order valence-electron chi connectivity index (χ2n) is 7.21. The van der Waals surface area contributed by atoms with E-state index in [-0.39, 0.29) is 25.0 Å². The maximum Gasteiger partial charge on any atom is 0.261 e. The fourth-order valence-corrected chi connectivity index (χ4v) is 4.02. The number of ether oxygens (including phenoxy) is 1. The van der Waals surface area contributed by atoms with E-state index in [0.717, 1.165) is 20.1 Å². The molecule has 3 aromatic carbocycles. The Morgan fingerprint density at radius 3 is 2.25 bits per heavy atom.